The Morgan fingerprint density at radius 2 is 1.89 bits per heavy atom. The van der Waals surface area contributed by atoms with Crippen molar-refractivity contribution >= 4 is 22.7 Å². The van der Waals surface area contributed by atoms with Crippen LogP contribution in [0.4, 0.5) is 0 Å². The molecule has 0 bridgehead atoms. The van der Waals surface area contributed by atoms with Gasteiger partial charge >= 0.3 is 5.63 Å². The summed E-state index contributed by atoms with van der Waals surface area (Å²) in [6.07, 6.45) is 0. The molecule has 6 nitrogen and oxygen atoms in total. The summed E-state index contributed by atoms with van der Waals surface area (Å²) in [5, 5.41) is 13.7. The molecule has 0 radical (unpaired) electrons. The van der Waals surface area contributed by atoms with E-state index in [1.165, 1.54) is 11.8 Å². The Morgan fingerprint density at radius 3 is 2.70 bits per heavy atom. The number of rotatable bonds is 4. The van der Waals surface area contributed by atoms with Gasteiger partial charge in [-0.1, -0.05) is 42.1 Å². The first-order valence-corrected chi connectivity index (χ1v) is 9.53. The molecule has 0 atom stereocenters. The minimum Gasteiger partial charge on any atom is -0.422 e. The van der Waals surface area contributed by atoms with Gasteiger partial charge in [-0.25, -0.2) is 4.79 Å². The van der Waals surface area contributed by atoms with Crippen LogP contribution in [0.5, 0.6) is 0 Å². The number of hydrogen-bond acceptors (Lipinski definition) is 6. The van der Waals surface area contributed by atoms with E-state index in [0.29, 0.717) is 16.5 Å². The summed E-state index contributed by atoms with van der Waals surface area (Å²) >= 11 is 1.49. The highest BCUT2D eigenvalue weighted by molar-refractivity contribution is 7.98. The highest BCUT2D eigenvalue weighted by atomic mass is 32.2. The zero-order valence-corrected chi connectivity index (χ0v) is 16.1. The van der Waals surface area contributed by atoms with E-state index in [1.54, 1.807) is 10.7 Å². The lowest BCUT2D eigenvalue weighted by molar-refractivity contribution is 0.557. The molecule has 0 unspecified atom stereocenters. The number of tetrazole rings is 1. The minimum absolute atomic E-state index is 0.342. The van der Waals surface area contributed by atoms with Gasteiger partial charge in [-0.2, -0.15) is 4.68 Å². The highest BCUT2D eigenvalue weighted by Crippen LogP contribution is 2.29. The molecule has 2 aromatic heterocycles. The second-order valence-corrected chi connectivity index (χ2v) is 7.37. The molecule has 4 aromatic rings. The lowest BCUT2D eigenvalue weighted by atomic mass is 10.0. The summed E-state index contributed by atoms with van der Waals surface area (Å²) < 4.78 is 7.17. The van der Waals surface area contributed by atoms with Gasteiger partial charge in [-0.15, -0.1) is 5.10 Å². The molecule has 0 saturated heterocycles. The lowest BCUT2D eigenvalue weighted by Gasteiger charge is -2.09. The van der Waals surface area contributed by atoms with Crippen molar-refractivity contribution in [3.05, 3.63) is 75.1 Å². The first-order chi connectivity index (χ1) is 13.0. The maximum Gasteiger partial charge on any atom is 0.336 e. The van der Waals surface area contributed by atoms with E-state index in [0.717, 1.165) is 33.3 Å². The fourth-order valence-electron chi connectivity index (χ4n) is 3.01. The van der Waals surface area contributed by atoms with E-state index in [1.807, 2.05) is 57.2 Å². The van der Waals surface area contributed by atoms with Crippen LogP contribution in [0.1, 0.15) is 22.3 Å². The van der Waals surface area contributed by atoms with Crippen LogP contribution in [-0.2, 0) is 5.75 Å². The summed E-state index contributed by atoms with van der Waals surface area (Å²) in [6, 6.07) is 13.5. The summed E-state index contributed by atoms with van der Waals surface area (Å²) in [7, 11) is 0. The Bertz CT molecular complexity index is 1200. The predicted octanol–water partition coefficient (Wildman–Crippen LogP) is 3.99. The van der Waals surface area contributed by atoms with Gasteiger partial charge in [0.05, 0.1) is 5.69 Å². The van der Waals surface area contributed by atoms with Gasteiger partial charge in [0, 0.05) is 17.2 Å². The third-order valence-corrected chi connectivity index (χ3v) is 5.63. The monoisotopic (exact) mass is 378 g/mol. The van der Waals surface area contributed by atoms with Crippen LogP contribution in [-0.4, -0.2) is 20.2 Å². The quantitative estimate of drug-likeness (QED) is 0.395. The first kappa shape index (κ1) is 17.5. The smallest absolute Gasteiger partial charge is 0.336 e. The molecule has 4 rings (SSSR count). The molecule has 136 valence electrons. The molecule has 0 spiro atoms. The van der Waals surface area contributed by atoms with Gasteiger partial charge in [-0.3, -0.25) is 0 Å². The Balaban J connectivity index is 1.70. The molecule has 27 heavy (non-hydrogen) atoms. The molecule has 2 heterocycles. The van der Waals surface area contributed by atoms with Crippen molar-refractivity contribution < 1.29 is 4.42 Å². The summed E-state index contributed by atoms with van der Waals surface area (Å²) in [5.41, 5.74) is 5.33. The van der Waals surface area contributed by atoms with Gasteiger partial charge in [0.15, 0.2) is 0 Å². The minimum atomic E-state index is -0.342. The molecule has 0 N–H and O–H groups in total. The third kappa shape index (κ3) is 3.26. The molecule has 0 aliphatic rings. The zero-order chi connectivity index (χ0) is 19.0. The van der Waals surface area contributed by atoms with Crippen molar-refractivity contribution in [3.63, 3.8) is 0 Å². The van der Waals surface area contributed by atoms with E-state index < -0.39 is 0 Å². The number of hydrogen-bond donors (Lipinski definition) is 0. The molecule has 2 aromatic carbocycles. The van der Waals surface area contributed by atoms with Crippen LogP contribution in [0.15, 0.2) is 56.8 Å². The fourth-order valence-corrected chi connectivity index (χ4v) is 3.88. The second-order valence-electron chi connectivity index (χ2n) is 6.42. The molecular formula is C20H18N4O2S. The molecule has 0 aliphatic heterocycles. The largest absolute Gasteiger partial charge is 0.422 e. The molecule has 0 amide bonds. The maximum absolute atomic E-state index is 12.0. The number of nitrogens with zero attached hydrogens (tertiary/aromatic N) is 4. The normalized spacial score (nSPS) is 11.2. The van der Waals surface area contributed by atoms with Crippen LogP contribution >= 0.6 is 11.8 Å². The van der Waals surface area contributed by atoms with Crippen molar-refractivity contribution in [2.75, 3.05) is 0 Å². The van der Waals surface area contributed by atoms with Crippen molar-refractivity contribution in [1.82, 2.24) is 20.2 Å². The van der Waals surface area contributed by atoms with E-state index in [9.17, 15) is 4.79 Å². The van der Waals surface area contributed by atoms with Gasteiger partial charge in [0.1, 0.15) is 5.58 Å². The van der Waals surface area contributed by atoms with Crippen LogP contribution in [0, 0.1) is 20.8 Å². The fraction of sp³-hybridized carbons (Fsp3) is 0.200. The van der Waals surface area contributed by atoms with Crippen LogP contribution in [0.2, 0.25) is 0 Å². The lowest BCUT2D eigenvalue weighted by Crippen LogP contribution is -2.03. The van der Waals surface area contributed by atoms with E-state index in [-0.39, 0.29) is 5.63 Å². The number of aryl methyl sites for hydroxylation is 3. The van der Waals surface area contributed by atoms with Crippen molar-refractivity contribution in [1.29, 1.82) is 0 Å². The summed E-state index contributed by atoms with van der Waals surface area (Å²) in [5.74, 6) is 0.566. The number of benzene rings is 2. The SMILES string of the molecule is Cc1ccccc1-n1nnnc1SCc1cc(=O)oc2c(C)c(C)ccc12. The van der Waals surface area contributed by atoms with Crippen LogP contribution < -0.4 is 5.63 Å². The van der Waals surface area contributed by atoms with Crippen molar-refractivity contribution in [2.24, 2.45) is 0 Å². The number of para-hydroxylation sites is 1. The predicted molar refractivity (Wildman–Crippen MR) is 105 cm³/mol. The Hall–Kier alpha value is -2.93. The molecule has 0 aliphatic carbocycles. The van der Waals surface area contributed by atoms with Crippen molar-refractivity contribution in [3.8, 4) is 5.69 Å². The average molecular weight is 378 g/mol. The van der Waals surface area contributed by atoms with E-state index in [2.05, 4.69) is 15.5 Å². The van der Waals surface area contributed by atoms with Gasteiger partial charge in [0.25, 0.3) is 0 Å². The second kappa shape index (κ2) is 7.00. The zero-order valence-electron chi connectivity index (χ0n) is 15.3. The molecule has 0 fully saturated rings. The van der Waals surface area contributed by atoms with Crippen LogP contribution in [0.25, 0.3) is 16.7 Å². The number of aromatic nitrogens is 4. The van der Waals surface area contributed by atoms with E-state index in [4.69, 9.17) is 4.42 Å². The molecule has 7 heteroatoms. The maximum atomic E-state index is 12.0. The van der Waals surface area contributed by atoms with Gasteiger partial charge in [-0.05, 0) is 59.5 Å². The third-order valence-electron chi connectivity index (χ3n) is 4.66. The topological polar surface area (TPSA) is 73.8 Å². The first-order valence-electron chi connectivity index (χ1n) is 8.54. The Kier molecular flexibility index (Phi) is 4.53. The van der Waals surface area contributed by atoms with E-state index >= 15 is 0 Å². The number of fused-ring (bicyclic) bond motifs is 1. The summed E-state index contributed by atoms with van der Waals surface area (Å²) in [4.78, 5) is 12.0. The Labute approximate surface area is 160 Å². The Morgan fingerprint density at radius 1 is 1.07 bits per heavy atom. The molecular weight excluding hydrogens is 360 g/mol. The standard InChI is InChI=1S/C20H18N4O2S/c1-12-8-9-16-15(10-18(25)26-19(16)14(12)3)11-27-20-21-22-23-24(20)17-7-5-4-6-13(17)2/h4-10H,11H2,1-3H3. The van der Waals surface area contributed by atoms with Crippen molar-refractivity contribution in [2.45, 2.75) is 31.7 Å². The highest BCUT2D eigenvalue weighted by Gasteiger charge is 2.14. The van der Waals surface area contributed by atoms with Crippen LogP contribution in [0.3, 0.4) is 0 Å². The van der Waals surface area contributed by atoms with Gasteiger partial charge < -0.3 is 4.42 Å². The summed E-state index contributed by atoms with van der Waals surface area (Å²) in [6.45, 7) is 6.00. The molecule has 0 saturated carbocycles. The van der Waals surface area contributed by atoms with Gasteiger partial charge in [0.2, 0.25) is 5.16 Å². The number of thioether (sulfide) groups is 1. The average Bonchev–Trinajstić information content (AvgIpc) is 3.12.